The first kappa shape index (κ1) is 32.2. The van der Waals surface area contributed by atoms with E-state index in [2.05, 4.69) is 5.32 Å². The lowest BCUT2D eigenvalue weighted by Crippen LogP contribution is -2.18. The van der Waals surface area contributed by atoms with Crippen molar-refractivity contribution in [2.75, 3.05) is 16.4 Å². The number of nitrogens with zero attached hydrogens (tertiary/aromatic N) is 1. The molecule has 10 heteroatoms. The third-order valence-electron chi connectivity index (χ3n) is 8.13. The number of nitrogens with one attached hydrogen (secondary N) is 1. The zero-order valence-electron chi connectivity index (χ0n) is 26.3. The molecule has 0 atom stereocenters. The van der Waals surface area contributed by atoms with Crippen molar-refractivity contribution in [1.82, 2.24) is 0 Å². The van der Waals surface area contributed by atoms with Gasteiger partial charge in [0.1, 0.15) is 11.3 Å². The monoisotopic (exact) mass is 668 g/mol. The molecule has 0 fully saturated rings. The van der Waals surface area contributed by atoms with Crippen LogP contribution in [-0.4, -0.2) is 27.9 Å². The summed E-state index contributed by atoms with van der Waals surface area (Å²) in [5.41, 5.74) is 8.64. The Morgan fingerprint density at radius 2 is 1.38 bits per heavy atom. The number of para-hydroxylation sites is 2. The lowest BCUT2D eigenvalue weighted by atomic mass is 9.93. The van der Waals surface area contributed by atoms with Crippen LogP contribution in [-0.2, 0) is 19.7 Å². The molecule has 4 aromatic rings. The van der Waals surface area contributed by atoms with Gasteiger partial charge < -0.3 is 9.73 Å². The topological polar surface area (TPSA) is 106 Å². The molecule has 4 aromatic carbocycles. The summed E-state index contributed by atoms with van der Waals surface area (Å²) < 4.78 is 71.1. The highest BCUT2D eigenvalue weighted by Crippen LogP contribution is 2.43. The molecular weight excluding hydrogens is 636 g/mol. The van der Waals surface area contributed by atoms with Crippen molar-refractivity contribution in [3.8, 4) is 22.5 Å². The van der Waals surface area contributed by atoms with E-state index in [4.69, 9.17) is 9.41 Å². The molecule has 1 heterocycles. The molecule has 0 saturated heterocycles. The SMILES string of the molecule is Cc1cccc(C)c1/N=c1\ccc2c(-c3ccccc3S(=O)(=O)CS(=O)(=O)CF)c3ccc(Nc4c(C)cccc4C)cc3oc-2c1. The van der Waals surface area contributed by atoms with Gasteiger partial charge in [0.05, 0.1) is 15.9 Å². The van der Waals surface area contributed by atoms with E-state index in [1.807, 2.05) is 94.4 Å². The Kier molecular flexibility index (Phi) is 8.50. The second-order valence-electron chi connectivity index (χ2n) is 11.7. The summed E-state index contributed by atoms with van der Waals surface area (Å²) in [7, 11) is -8.94. The maximum atomic E-state index is 13.5. The van der Waals surface area contributed by atoms with Gasteiger partial charge in [0, 0.05) is 45.6 Å². The lowest BCUT2D eigenvalue weighted by molar-refractivity contribution is 0.536. The van der Waals surface area contributed by atoms with E-state index in [-0.39, 0.29) is 10.5 Å². The van der Waals surface area contributed by atoms with Gasteiger partial charge in [-0.15, -0.1) is 0 Å². The Hall–Kier alpha value is -4.80. The Morgan fingerprint density at radius 3 is 2.06 bits per heavy atom. The number of fused-ring (bicyclic) bond motifs is 2. The molecule has 6 rings (SSSR count). The summed E-state index contributed by atoms with van der Waals surface area (Å²) in [5.74, 6) is 0.452. The quantitative estimate of drug-likeness (QED) is 0.163. The van der Waals surface area contributed by atoms with Gasteiger partial charge in [0.15, 0.2) is 30.8 Å². The summed E-state index contributed by atoms with van der Waals surface area (Å²) in [6, 6.07) is 27.5. The van der Waals surface area contributed by atoms with Crippen LogP contribution in [0.2, 0.25) is 0 Å². The first-order valence-corrected chi connectivity index (χ1v) is 18.4. The number of hydrogen-bond acceptors (Lipinski definition) is 7. The molecule has 0 saturated carbocycles. The number of hydrogen-bond donors (Lipinski definition) is 1. The summed E-state index contributed by atoms with van der Waals surface area (Å²) in [4.78, 5) is 4.69. The number of aryl methyl sites for hydroxylation is 4. The second kappa shape index (κ2) is 12.4. The van der Waals surface area contributed by atoms with Crippen LogP contribution in [0.15, 0.2) is 111 Å². The van der Waals surface area contributed by atoms with E-state index in [9.17, 15) is 21.2 Å². The largest absolute Gasteiger partial charge is 0.456 e. The van der Waals surface area contributed by atoms with Gasteiger partial charge in [-0.2, -0.15) is 0 Å². The number of rotatable bonds is 8. The van der Waals surface area contributed by atoms with Crippen LogP contribution in [0.4, 0.5) is 21.5 Å². The van der Waals surface area contributed by atoms with Crippen LogP contribution in [0.3, 0.4) is 0 Å². The molecule has 0 amide bonds. The third kappa shape index (κ3) is 6.43. The summed E-state index contributed by atoms with van der Waals surface area (Å²) in [6.07, 6.45) is 0. The molecule has 1 aliphatic heterocycles. The van der Waals surface area contributed by atoms with Gasteiger partial charge in [-0.05, 0) is 80.3 Å². The van der Waals surface area contributed by atoms with Gasteiger partial charge in [0.2, 0.25) is 0 Å². The predicted octanol–water partition coefficient (Wildman–Crippen LogP) is 8.49. The summed E-state index contributed by atoms with van der Waals surface area (Å²) >= 11 is 0. The average molecular weight is 669 g/mol. The smallest absolute Gasteiger partial charge is 0.194 e. The average Bonchev–Trinajstić information content (AvgIpc) is 3.03. The Morgan fingerprint density at radius 1 is 0.723 bits per heavy atom. The molecule has 1 N–H and O–H groups in total. The third-order valence-corrected chi connectivity index (χ3v) is 12.2. The fraction of sp³-hybridized carbons (Fsp3) is 0.162. The Bertz CT molecular complexity index is 2390. The molecule has 2 aliphatic rings. The van der Waals surface area contributed by atoms with Crippen molar-refractivity contribution in [2.45, 2.75) is 32.6 Å². The highest BCUT2D eigenvalue weighted by Gasteiger charge is 2.29. The highest BCUT2D eigenvalue weighted by molar-refractivity contribution is 8.08. The van der Waals surface area contributed by atoms with E-state index < -0.39 is 30.8 Å². The standard InChI is InChI=1S/C37H33FN2O5S2/c1-23-9-7-10-24(2)36(23)39-27-15-17-29-32(19-27)45-33-20-28(40-37-25(3)11-8-12-26(37)4)16-18-30(33)35(29)31-13-5-6-14-34(31)47(43,44)22-46(41,42)21-38/h5-20,39H,21-22H2,1-4H3/b40-28+. The first-order chi connectivity index (χ1) is 22.4. The minimum atomic E-state index is -4.49. The van der Waals surface area contributed by atoms with E-state index in [0.717, 1.165) is 39.3 Å². The normalized spacial score (nSPS) is 12.6. The van der Waals surface area contributed by atoms with E-state index in [0.29, 0.717) is 33.2 Å². The number of alkyl halides is 1. The Balaban J connectivity index is 1.63. The van der Waals surface area contributed by atoms with Gasteiger partial charge >= 0.3 is 0 Å². The summed E-state index contributed by atoms with van der Waals surface area (Å²) in [6.45, 7) is 8.03. The lowest BCUT2D eigenvalue weighted by Gasteiger charge is -2.19. The number of benzene rings is 5. The zero-order chi connectivity index (χ0) is 33.5. The molecule has 240 valence electrons. The van der Waals surface area contributed by atoms with E-state index in [1.54, 1.807) is 18.2 Å². The molecule has 7 nitrogen and oxygen atoms in total. The van der Waals surface area contributed by atoms with Crippen molar-refractivity contribution in [1.29, 1.82) is 0 Å². The molecule has 0 radical (unpaired) electrons. The van der Waals surface area contributed by atoms with Crippen molar-refractivity contribution in [3.63, 3.8) is 0 Å². The molecule has 0 spiro atoms. The van der Waals surface area contributed by atoms with Crippen molar-refractivity contribution < 1.29 is 25.6 Å². The van der Waals surface area contributed by atoms with Crippen LogP contribution in [0.1, 0.15) is 22.3 Å². The van der Waals surface area contributed by atoms with Crippen molar-refractivity contribution in [3.05, 3.63) is 125 Å². The number of anilines is 2. The highest BCUT2D eigenvalue weighted by atomic mass is 32.3. The minimum absolute atomic E-state index is 0.215. The maximum Gasteiger partial charge on any atom is 0.194 e. The number of sulfone groups is 2. The van der Waals surface area contributed by atoms with Crippen LogP contribution in [0.25, 0.3) is 33.4 Å². The van der Waals surface area contributed by atoms with Crippen molar-refractivity contribution in [2.24, 2.45) is 4.99 Å². The predicted molar refractivity (Wildman–Crippen MR) is 186 cm³/mol. The summed E-state index contributed by atoms with van der Waals surface area (Å²) in [5, 5.41) is 3.40. The molecule has 0 unspecified atom stereocenters. The fourth-order valence-electron chi connectivity index (χ4n) is 5.86. The fourth-order valence-corrected chi connectivity index (χ4v) is 9.30. The van der Waals surface area contributed by atoms with E-state index >= 15 is 0 Å². The minimum Gasteiger partial charge on any atom is -0.456 e. The number of halogens is 1. The molecular formula is C37H33FN2O5S2. The van der Waals surface area contributed by atoms with Gasteiger partial charge in [-0.1, -0.05) is 54.6 Å². The van der Waals surface area contributed by atoms with Crippen LogP contribution < -0.4 is 10.7 Å². The van der Waals surface area contributed by atoms with Crippen molar-refractivity contribution >= 4 is 47.7 Å². The van der Waals surface area contributed by atoms with Gasteiger partial charge in [0.25, 0.3) is 0 Å². The molecule has 47 heavy (non-hydrogen) atoms. The van der Waals surface area contributed by atoms with Gasteiger partial charge in [-0.25, -0.2) is 26.2 Å². The molecule has 0 aromatic heterocycles. The Labute approximate surface area is 273 Å². The molecule has 1 aliphatic carbocycles. The molecule has 0 bridgehead atoms. The first-order valence-electron chi connectivity index (χ1n) is 14.9. The van der Waals surface area contributed by atoms with E-state index in [1.165, 1.54) is 12.1 Å². The zero-order valence-corrected chi connectivity index (χ0v) is 28.0. The van der Waals surface area contributed by atoms with Gasteiger partial charge in [-0.3, -0.25) is 0 Å². The second-order valence-corrected chi connectivity index (χ2v) is 16.0. The maximum absolute atomic E-state index is 13.5. The van der Waals surface area contributed by atoms with Crippen LogP contribution in [0.5, 0.6) is 0 Å². The van der Waals surface area contributed by atoms with Crippen LogP contribution in [0, 0.1) is 27.7 Å². The van der Waals surface area contributed by atoms with Crippen LogP contribution >= 0.6 is 0 Å².